The summed E-state index contributed by atoms with van der Waals surface area (Å²) in [5, 5.41) is 9.82. The summed E-state index contributed by atoms with van der Waals surface area (Å²) < 4.78 is 5.63. The maximum Gasteiger partial charge on any atom is 0.220 e. The van der Waals surface area contributed by atoms with E-state index in [4.69, 9.17) is 4.74 Å². The predicted octanol–water partition coefficient (Wildman–Crippen LogP) is 2.69. The van der Waals surface area contributed by atoms with Crippen LogP contribution in [0.5, 0.6) is 5.75 Å². The Morgan fingerprint density at radius 3 is 2.52 bits per heavy atom. The fraction of sp³-hybridized carbons (Fsp3) is 0.667. The van der Waals surface area contributed by atoms with Gasteiger partial charge >= 0.3 is 0 Å². The molecule has 1 aromatic carbocycles. The van der Waals surface area contributed by atoms with Crippen LogP contribution in [0.25, 0.3) is 0 Å². The van der Waals surface area contributed by atoms with Crippen LogP contribution in [0.15, 0.2) is 29.3 Å². The molecule has 1 unspecified atom stereocenters. The molecular formula is C24H39N5O2. The first-order valence-electron chi connectivity index (χ1n) is 11.8. The molecule has 2 aliphatic rings. The Bertz CT molecular complexity index is 712. The maximum atomic E-state index is 12.1. The van der Waals surface area contributed by atoms with Crippen molar-refractivity contribution in [2.24, 2.45) is 10.9 Å². The lowest BCUT2D eigenvalue weighted by molar-refractivity contribution is -0.121. The number of nitrogens with one attached hydrogen (secondary N) is 3. The minimum Gasteiger partial charge on any atom is -0.496 e. The number of carbonyl (C=O) groups excluding carboxylic acids is 1. The van der Waals surface area contributed by atoms with E-state index < -0.39 is 0 Å². The fourth-order valence-corrected chi connectivity index (χ4v) is 4.78. The highest BCUT2D eigenvalue weighted by atomic mass is 16.5. The summed E-state index contributed by atoms with van der Waals surface area (Å²) in [5.41, 5.74) is 1.20. The van der Waals surface area contributed by atoms with Gasteiger partial charge in [0.25, 0.3) is 0 Å². The number of rotatable bonds is 10. The van der Waals surface area contributed by atoms with Crippen LogP contribution in [-0.4, -0.2) is 63.6 Å². The van der Waals surface area contributed by atoms with E-state index in [0.29, 0.717) is 25.4 Å². The summed E-state index contributed by atoms with van der Waals surface area (Å²) in [5.74, 6) is 2.43. The highest BCUT2D eigenvalue weighted by Crippen LogP contribution is 2.31. The number of para-hydroxylation sites is 1. The van der Waals surface area contributed by atoms with Crippen molar-refractivity contribution in [2.45, 2.75) is 51.0 Å². The standard InChI is InChI=1S/C24H39N5O2/c1-25-24(27-14-13-26-23(30)17-19-9-3-4-10-19)28-18-21(29-15-7-8-16-29)20-11-5-6-12-22(20)31-2/h5-6,11-12,19,21H,3-4,7-10,13-18H2,1-2H3,(H,26,30)(H2,25,27,28). The largest absolute Gasteiger partial charge is 0.496 e. The second-order valence-corrected chi connectivity index (χ2v) is 8.59. The zero-order valence-corrected chi connectivity index (χ0v) is 19.2. The number of nitrogens with zero attached hydrogens (tertiary/aromatic N) is 2. The quantitative estimate of drug-likeness (QED) is 0.303. The molecule has 172 valence electrons. The molecule has 1 saturated heterocycles. The lowest BCUT2D eigenvalue weighted by Crippen LogP contribution is -2.45. The van der Waals surface area contributed by atoms with Gasteiger partial charge in [0.05, 0.1) is 13.2 Å². The van der Waals surface area contributed by atoms with Gasteiger partial charge in [0, 0.05) is 38.7 Å². The van der Waals surface area contributed by atoms with E-state index in [1.165, 1.54) is 44.1 Å². The molecule has 0 bridgehead atoms. The van der Waals surface area contributed by atoms with Crippen molar-refractivity contribution in [3.8, 4) is 5.75 Å². The molecule has 0 aromatic heterocycles. The molecule has 3 N–H and O–H groups in total. The number of methoxy groups -OCH3 is 1. The van der Waals surface area contributed by atoms with Crippen LogP contribution in [0.4, 0.5) is 0 Å². The SMILES string of the molecule is CN=C(NCCNC(=O)CC1CCCC1)NCC(c1ccccc1OC)N1CCCC1. The summed E-state index contributed by atoms with van der Waals surface area (Å²) >= 11 is 0. The molecule has 1 aromatic rings. The van der Waals surface area contributed by atoms with E-state index in [-0.39, 0.29) is 11.9 Å². The van der Waals surface area contributed by atoms with Gasteiger partial charge in [-0.15, -0.1) is 0 Å². The van der Waals surface area contributed by atoms with Crippen LogP contribution in [0.3, 0.4) is 0 Å². The smallest absolute Gasteiger partial charge is 0.220 e. The maximum absolute atomic E-state index is 12.1. The second kappa shape index (κ2) is 12.5. The van der Waals surface area contributed by atoms with Crippen LogP contribution in [-0.2, 0) is 4.79 Å². The summed E-state index contributed by atoms with van der Waals surface area (Å²) in [6.45, 7) is 4.20. The molecule has 7 nitrogen and oxygen atoms in total. The summed E-state index contributed by atoms with van der Waals surface area (Å²) in [7, 11) is 3.51. The molecule has 1 aliphatic heterocycles. The van der Waals surface area contributed by atoms with Crippen molar-refractivity contribution < 1.29 is 9.53 Å². The Kier molecular flexibility index (Phi) is 9.46. The highest BCUT2D eigenvalue weighted by molar-refractivity contribution is 5.80. The van der Waals surface area contributed by atoms with Crippen LogP contribution in [0.2, 0.25) is 0 Å². The average Bonchev–Trinajstić information content (AvgIpc) is 3.50. The number of hydrogen-bond acceptors (Lipinski definition) is 4. The Labute approximate surface area is 187 Å². The number of hydrogen-bond donors (Lipinski definition) is 3. The van der Waals surface area contributed by atoms with Crippen molar-refractivity contribution in [2.75, 3.05) is 46.9 Å². The van der Waals surface area contributed by atoms with Crippen molar-refractivity contribution in [1.82, 2.24) is 20.9 Å². The molecule has 3 rings (SSSR count). The van der Waals surface area contributed by atoms with E-state index in [1.54, 1.807) is 14.2 Å². The van der Waals surface area contributed by atoms with E-state index >= 15 is 0 Å². The van der Waals surface area contributed by atoms with E-state index in [9.17, 15) is 4.79 Å². The average molecular weight is 430 g/mol. The Hall–Kier alpha value is -2.28. The lowest BCUT2D eigenvalue weighted by Gasteiger charge is -2.30. The number of benzene rings is 1. The van der Waals surface area contributed by atoms with Crippen molar-refractivity contribution >= 4 is 11.9 Å². The minimum atomic E-state index is 0.168. The molecule has 1 saturated carbocycles. The van der Waals surface area contributed by atoms with Crippen LogP contribution in [0, 0.1) is 5.92 Å². The summed E-state index contributed by atoms with van der Waals surface area (Å²) in [6, 6.07) is 8.49. The predicted molar refractivity (Wildman–Crippen MR) is 125 cm³/mol. The molecule has 0 radical (unpaired) electrons. The Morgan fingerprint density at radius 2 is 1.81 bits per heavy atom. The van der Waals surface area contributed by atoms with Gasteiger partial charge in [-0.25, -0.2) is 0 Å². The number of ether oxygens (including phenoxy) is 1. The third-order valence-corrected chi connectivity index (χ3v) is 6.45. The third-order valence-electron chi connectivity index (χ3n) is 6.45. The summed E-state index contributed by atoms with van der Waals surface area (Å²) in [6.07, 6.45) is 8.09. The van der Waals surface area contributed by atoms with Crippen LogP contribution >= 0.6 is 0 Å². The van der Waals surface area contributed by atoms with Crippen LogP contribution in [0.1, 0.15) is 56.6 Å². The number of likely N-dealkylation sites (tertiary alicyclic amines) is 1. The molecule has 2 fully saturated rings. The van der Waals surface area contributed by atoms with E-state index in [0.717, 1.165) is 31.3 Å². The molecule has 31 heavy (non-hydrogen) atoms. The first-order chi connectivity index (χ1) is 15.2. The molecule has 1 heterocycles. The normalized spacial score (nSPS) is 18.7. The van der Waals surface area contributed by atoms with Gasteiger partial charge in [0.1, 0.15) is 5.75 Å². The number of carbonyl (C=O) groups is 1. The first kappa shape index (κ1) is 23.4. The highest BCUT2D eigenvalue weighted by Gasteiger charge is 2.26. The van der Waals surface area contributed by atoms with Gasteiger partial charge in [0.15, 0.2) is 5.96 Å². The third kappa shape index (κ3) is 7.13. The number of aliphatic imine (C=N–C) groups is 1. The number of amides is 1. The van der Waals surface area contributed by atoms with Gasteiger partial charge in [-0.2, -0.15) is 0 Å². The number of guanidine groups is 1. The fourth-order valence-electron chi connectivity index (χ4n) is 4.78. The molecule has 1 amide bonds. The molecular weight excluding hydrogens is 390 g/mol. The van der Waals surface area contributed by atoms with Gasteiger partial charge in [-0.1, -0.05) is 31.0 Å². The monoisotopic (exact) mass is 429 g/mol. The Morgan fingerprint density at radius 1 is 1.10 bits per heavy atom. The van der Waals surface area contributed by atoms with Crippen molar-refractivity contribution in [3.63, 3.8) is 0 Å². The van der Waals surface area contributed by atoms with Gasteiger partial charge < -0.3 is 20.7 Å². The van der Waals surface area contributed by atoms with Crippen LogP contribution < -0.4 is 20.7 Å². The topological polar surface area (TPSA) is 78.0 Å². The first-order valence-corrected chi connectivity index (χ1v) is 11.8. The van der Waals surface area contributed by atoms with Crippen molar-refractivity contribution in [3.05, 3.63) is 29.8 Å². The molecule has 1 aliphatic carbocycles. The van der Waals surface area contributed by atoms with E-state index in [2.05, 4.69) is 38.0 Å². The minimum absolute atomic E-state index is 0.168. The second-order valence-electron chi connectivity index (χ2n) is 8.59. The lowest BCUT2D eigenvalue weighted by atomic mass is 10.0. The molecule has 0 spiro atoms. The zero-order chi connectivity index (χ0) is 21.9. The van der Waals surface area contributed by atoms with Gasteiger partial charge in [0.2, 0.25) is 5.91 Å². The molecule has 1 atom stereocenters. The van der Waals surface area contributed by atoms with Gasteiger partial charge in [-0.3, -0.25) is 14.7 Å². The zero-order valence-electron chi connectivity index (χ0n) is 19.2. The van der Waals surface area contributed by atoms with E-state index in [1.807, 2.05) is 12.1 Å². The summed E-state index contributed by atoms with van der Waals surface area (Å²) in [4.78, 5) is 19.0. The van der Waals surface area contributed by atoms with Gasteiger partial charge in [-0.05, 0) is 50.8 Å². The Balaban J connectivity index is 1.46. The van der Waals surface area contributed by atoms with Crippen molar-refractivity contribution in [1.29, 1.82) is 0 Å². The molecule has 7 heteroatoms.